The first kappa shape index (κ1) is 11.9. The summed E-state index contributed by atoms with van der Waals surface area (Å²) < 4.78 is 12.9. The van der Waals surface area contributed by atoms with E-state index in [4.69, 9.17) is 21.8 Å². The van der Waals surface area contributed by atoms with Crippen LogP contribution in [0.4, 0.5) is 4.39 Å². The highest BCUT2D eigenvalue weighted by Gasteiger charge is 2.34. The van der Waals surface area contributed by atoms with Gasteiger partial charge in [0, 0.05) is 0 Å². The van der Waals surface area contributed by atoms with Gasteiger partial charge in [0.05, 0.1) is 11.6 Å². The smallest absolute Gasteiger partial charge is 0.316 e. The molecule has 1 aromatic rings. The minimum atomic E-state index is -1.46. The standard InChI is InChI=1S/C10H10ClFO3/c1-10(5-13,9(14)15)6-2-3-8(12)7(11)4-6/h2-4,13H,5H2,1H3,(H,14,15). The van der Waals surface area contributed by atoms with Crippen molar-refractivity contribution in [3.05, 3.63) is 34.6 Å². The molecule has 82 valence electrons. The van der Waals surface area contributed by atoms with Gasteiger partial charge < -0.3 is 10.2 Å². The zero-order chi connectivity index (χ0) is 11.6. The van der Waals surface area contributed by atoms with Gasteiger partial charge in [-0.2, -0.15) is 0 Å². The number of carbonyl (C=O) groups is 1. The van der Waals surface area contributed by atoms with Crippen molar-refractivity contribution in [2.75, 3.05) is 6.61 Å². The predicted molar refractivity (Wildman–Crippen MR) is 53.5 cm³/mol. The lowest BCUT2D eigenvalue weighted by Crippen LogP contribution is -2.36. The van der Waals surface area contributed by atoms with Crippen LogP contribution in [0.3, 0.4) is 0 Å². The SMILES string of the molecule is CC(CO)(C(=O)O)c1ccc(F)c(Cl)c1. The molecule has 0 spiro atoms. The second kappa shape index (κ2) is 4.16. The van der Waals surface area contributed by atoms with Gasteiger partial charge in [-0.3, -0.25) is 4.79 Å². The zero-order valence-electron chi connectivity index (χ0n) is 8.00. The third kappa shape index (κ3) is 2.11. The summed E-state index contributed by atoms with van der Waals surface area (Å²) in [7, 11) is 0. The van der Waals surface area contributed by atoms with Crippen molar-refractivity contribution in [3.8, 4) is 0 Å². The summed E-state index contributed by atoms with van der Waals surface area (Å²) in [6, 6.07) is 3.58. The first-order chi connectivity index (χ1) is 6.91. The Hall–Kier alpha value is -1.13. The number of aliphatic carboxylic acids is 1. The molecule has 0 aliphatic rings. The quantitative estimate of drug-likeness (QED) is 0.836. The van der Waals surface area contributed by atoms with Crippen molar-refractivity contribution < 1.29 is 19.4 Å². The molecular formula is C10H10ClFO3. The van der Waals surface area contributed by atoms with E-state index in [2.05, 4.69) is 0 Å². The summed E-state index contributed by atoms with van der Waals surface area (Å²) >= 11 is 5.53. The molecule has 3 nitrogen and oxygen atoms in total. The van der Waals surface area contributed by atoms with E-state index in [1.165, 1.54) is 19.1 Å². The average molecular weight is 233 g/mol. The Bertz CT molecular complexity index is 394. The van der Waals surface area contributed by atoms with Gasteiger partial charge >= 0.3 is 5.97 Å². The van der Waals surface area contributed by atoms with Gasteiger partial charge in [-0.05, 0) is 24.6 Å². The van der Waals surface area contributed by atoms with Crippen molar-refractivity contribution in [1.29, 1.82) is 0 Å². The molecule has 1 aromatic carbocycles. The molecule has 0 saturated heterocycles. The fourth-order valence-electron chi connectivity index (χ4n) is 1.12. The molecule has 0 bridgehead atoms. The Morgan fingerprint density at radius 2 is 2.20 bits per heavy atom. The molecule has 0 aliphatic carbocycles. The summed E-state index contributed by atoms with van der Waals surface area (Å²) in [5.41, 5.74) is -1.19. The van der Waals surface area contributed by atoms with Crippen LogP contribution < -0.4 is 0 Å². The van der Waals surface area contributed by atoms with E-state index in [0.717, 1.165) is 6.07 Å². The fraction of sp³-hybridized carbons (Fsp3) is 0.300. The predicted octanol–water partition coefficient (Wildman–Crippen LogP) is 1.81. The highest BCUT2D eigenvalue weighted by Crippen LogP contribution is 2.27. The lowest BCUT2D eigenvalue weighted by Gasteiger charge is -2.22. The van der Waals surface area contributed by atoms with Gasteiger partial charge in [0.15, 0.2) is 0 Å². The van der Waals surface area contributed by atoms with Crippen LogP contribution in [0.1, 0.15) is 12.5 Å². The van der Waals surface area contributed by atoms with Crippen molar-refractivity contribution in [1.82, 2.24) is 0 Å². The number of halogens is 2. The van der Waals surface area contributed by atoms with Crippen LogP contribution in [0.25, 0.3) is 0 Å². The van der Waals surface area contributed by atoms with E-state index >= 15 is 0 Å². The molecule has 0 fully saturated rings. The molecule has 0 radical (unpaired) electrons. The topological polar surface area (TPSA) is 57.5 Å². The molecule has 0 saturated carbocycles. The maximum absolute atomic E-state index is 12.9. The van der Waals surface area contributed by atoms with Crippen molar-refractivity contribution in [3.63, 3.8) is 0 Å². The fourth-order valence-corrected chi connectivity index (χ4v) is 1.30. The molecular weight excluding hydrogens is 223 g/mol. The molecule has 1 unspecified atom stereocenters. The third-order valence-corrected chi connectivity index (χ3v) is 2.63. The Morgan fingerprint density at radius 1 is 1.60 bits per heavy atom. The number of rotatable bonds is 3. The summed E-state index contributed by atoms with van der Waals surface area (Å²) in [6.07, 6.45) is 0. The normalized spacial score (nSPS) is 14.7. The van der Waals surface area contributed by atoms with Gasteiger partial charge in [-0.25, -0.2) is 4.39 Å². The summed E-state index contributed by atoms with van der Waals surface area (Å²) in [5.74, 6) is -1.81. The number of hydrogen-bond donors (Lipinski definition) is 2. The van der Waals surface area contributed by atoms with Crippen LogP contribution in [-0.2, 0) is 10.2 Å². The first-order valence-electron chi connectivity index (χ1n) is 4.21. The van der Waals surface area contributed by atoms with Gasteiger partial charge in [-0.1, -0.05) is 17.7 Å². The van der Waals surface area contributed by atoms with Gasteiger partial charge in [0.1, 0.15) is 11.2 Å². The number of benzene rings is 1. The number of hydrogen-bond acceptors (Lipinski definition) is 2. The van der Waals surface area contributed by atoms with Crippen LogP contribution in [-0.4, -0.2) is 22.8 Å². The van der Waals surface area contributed by atoms with E-state index < -0.39 is 23.8 Å². The lowest BCUT2D eigenvalue weighted by molar-refractivity contribution is -0.144. The Morgan fingerprint density at radius 3 is 2.60 bits per heavy atom. The number of carboxylic acids is 1. The molecule has 1 rings (SSSR count). The molecule has 0 aromatic heterocycles. The van der Waals surface area contributed by atoms with E-state index in [1.807, 2.05) is 0 Å². The summed E-state index contributed by atoms with van der Waals surface area (Å²) in [6.45, 7) is 0.767. The first-order valence-corrected chi connectivity index (χ1v) is 4.59. The monoisotopic (exact) mass is 232 g/mol. The van der Waals surface area contributed by atoms with Crippen LogP contribution in [0.15, 0.2) is 18.2 Å². The van der Waals surface area contributed by atoms with Gasteiger partial charge in [0.2, 0.25) is 0 Å². The van der Waals surface area contributed by atoms with Crippen LogP contribution >= 0.6 is 11.6 Å². The molecule has 2 N–H and O–H groups in total. The van der Waals surface area contributed by atoms with E-state index in [0.29, 0.717) is 0 Å². The van der Waals surface area contributed by atoms with Crippen LogP contribution in [0.2, 0.25) is 5.02 Å². The average Bonchev–Trinajstić information content (AvgIpc) is 2.20. The highest BCUT2D eigenvalue weighted by atomic mass is 35.5. The molecule has 0 aliphatic heterocycles. The largest absolute Gasteiger partial charge is 0.481 e. The molecule has 0 heterocycles. The Balaban J connectivity index is 3.25. The van der Waals surface area contributed by atoms with E-state index in [9.17, 15) is 9.18 Å². The van der Waals surface area contributed by atoms with Crippen molar-refractivity contribution in [2.45, 2.75) is 12.3 Å². The maximum atomic E-state index is 12.9. The van der Waals surface area contributed by atoms with Gasteiger partial charge in [-0.15, -0.1) is 0 Å². The van der Waals surface area contributed by atoms with Crippen LogP contribution in [0, 0.1) is 5.82 Å². The Labute approximate surface area is 91.1 Å². The lowest BCUT2D eigenvalue weighted by atomic mass is 9.83. The zero-order valence-corrected chi connectivity index (χ0v) is 8.75. The summed E-state index contributed by atoms with van der Waals surface area (Å²) in [5, 5.41) is 17.8. The minimum Gasteiger partial charge on any atom is -0.481 e. The van der Waals surface area contributed by atoms with E-state index in [1.54, 1.807) is 0 Å². The molecule has 15 heavy (non-hydrogen) atoms. The van der Waals surface area contributed by atoms with Crippen LogP contribution in [0.5, 0.6) is 0 Å². The Kier molecular flexibility index (Phi) is 3.31. The van der Waals surface area contributed by atoms with Crippen molar-refractivity contribution in [2.24, 2.45) is 0 Å². The molecule has 0 amide bonds. The molecule has 5 heteroatoms. The highest BCUT2D eigenvalue weighted by molar-refractivity contribution is 6.30. The number of aliphatic hydroxyl groups is 1. The molecule has 1 atom stereocenters. The second-order valence-corrected chi connectivity index (χ2v) is 3.83. The van der Waals surface area contributed by atoms with Gasteiger partial charge in [0.25, 0.3) is 0 Å². The second-order valence-electron chi connectivity index (χ2n) is 3.42. The summed E-state index contributed by atoms with van der Waals surface area (Å²) in [4.78, 5) is 11.0. The maximum Gasteiger partial charge on any atom is 0.316 e. The third-order valence-electron chi connectivity index (χ3n) is 2.34. The number of aliphatic hydroxyl groups excluding tert-OH is 1. The minimum absolute atomic E-state index is 0.159. The number of carboxylic acid groups (broad SMARTS) is 1. The van der Waals surface area contributed by atoms with E-state index in [-0.39, 0.29) is 10.6 Å². The van der Waals surface area contributed by atoms with Crippen molar-refractivity contribution >= 4 is 17.6 Å².